The quantitative estimate of drug-likeness (QED) is 0.154. The minimum atomic E-state index is -1.25. The Morgan fingerprint density at radius 3 is 2.17 bits per heavy atom. The Bertz CT molecular complexity index is 1500. The number of rotatable bonds is 8. The maximum atomic E-state index is 13.8. The van der Waals surface area contributed by atoms with Gasteiger partial charge in [0.1, 0.15) is 6.54 Å². The number of carbonyl (C=O) groups excluding carboxylic acids is 3. The van der Waals surface area contributed by atoms with Crippen molar-refractivity contribution >= 4 is 41.2 Å². The van der Waals surface area contributed by atoms with Crippen molar-refractivity contribution < 1.29 is 24.5 Å². The monoisotopic (exact) mass is 573 g/mol. The van der Waals surface area contributed by atoms with Crippen LogP contribution in [0.25, 0.3) is 0 Å². The van der Waals surface area contributed by atoms with Gasteiger partial charge in [0.05, 0.1) is 16.7 Å². The second kappa shape index (κ2) is 12.1. The maximum absolute atomic E-state index is 13.8. The zero-order valence-corrected chi connectivity index (χ0v) is 23.5. The van der Waals surface area contributed by atoms with E-state index in [1.807, 2.05) is 26.0 Å². The van der Waals surface area contributed by atoms with Gasteiger partial charge in [-0.05, 0) is 69.7 Å². The van der Waals surface area contributed by atoms with Gasteiger partial charge >= 0.3 is 12.1 Å². The van der Waals surface area contributed by atoms with Gasteiger partial charge in [-0.15, -0.1) is 0 Å². The van der Waals surface area contributed by atoms with Gasteiger partial charge in [-0.1, -0.05) is 35.4 Å². The van der Waals surface area contributed by atoms with Crippen LogP contribution in [0.3, 0.4) is 0 Å². The number of carbonyl (C=O) groups is 3. The van der Waals surface area contributed by atoms with E-state index in [4.69, 9.17) is 0 Å². The Balaban J connectivity index is 1.55. The summed E-state index contributed by atoms with van der Waals surface area (Å²) in [5, 5.41) is 29.0. The van der Waals surface area contributed by atoms with Crippen LogP contribution in [-0.2, 0) is 4.79 Å². The summed E-state index contributed by atoms with van der Waals surface area (Å²) in [5.41, 5.74) is 4.35. The number of hydrogen-bond donors (Lipinski definition) is 3. The van der Waals surface area contributed by atoms with Crippen LogP contribution in [-0.4, -0.2) is 62.5 Å². The predicted molar refractivity (Wildman–Crippen MR) is 156 cm³/mol. The number of nitrogens with one attached hydrogen (secondary N) is 2. The van der Waals surface area contributed by atoms with E-state index in [0.717, 1.165) is 11.1 Å². The summed E-state index contributed by atoms with van der Waals surface area (Å²) in [6, 6.07) is 18.1. The van der Waals surface area contributed by atoms with Gasteiger partial charge in [-0.3, -0.25) is 25.0 Å². The molecule has 1 saturated heterocycles. The van der Waals surface area contributed by atoms with Gasteiger partial charge in [-0.25, -0.2) is 15.0 Å². The molecule has 0 saturated carbocycles. The molecule has 5 amide bonds. The largest absolute Gasteiger partial charge is 0.347 e. The van der Waals surface area contributed by atoms with E-state index in [0.29, 0.717) is 22.0 Å². The molecule has 1 aliphatic heterocycles. The van der Waals surface area contributed by atoms with Crippen LogP contribution in [0.4, 0.5) is 26.7 Å². The van der Waals surface area contributed by atoms with Gasteiger partial charge < -0.3 is 10.2 Å². The number of benzene rings is 3. The molecule has 13 nitrogen and oxygen atoms in total. The van der Waals surface area contributed by atoms with Crippen molar-refractivity contribution in [3.63, 3.8) is 0 Å². The molecule has 0 bridgehead atoms. The molecule has 0 aliphatic carbocycles. The summed E-state index contributed by atoms with van der Waals surface area (Å²) >= 11 is 0. The third-order valence-corrected chi connectivity index (χ3v) is 6.87. The first-order valence-electron chi connectivity index (χ1n) is 13.0. The Morgan fingerprint density at radius 2 is 1.60 bits per heavy atom. The molecule has 1 aliphatic rings. The SMILES string of the molecule is Cc1ccc(NC(=O)N(O)C2N(c3ccc(C)cc3)C(=O)N(CC(=O)NN=Cc3ccc([N+](=O)[O-])cc3)C2(C)C)cc1. The Morgan fingerprint density at radius 1 is 1.02 bits per heavy atom. The van der Waals surface area contributed by atoms with Crippen LogP contribution in [0.1, 0.15) is 30.5 Å². The molecule has 0 radical (unpaired) electrons. The van der Waals surface area contributed by atoms with Crippen LogP contribution < -0.4 is 15.6 Å². The number of nitro groups is 1. The number of non-ortho nitro benzene ring substituents is 1. The van der Waals surface area contributed by atoms with E-state index in [2.05, 4.69) is 15.8 Å². The zero-order chi connectivity index (χ0) is 30.6. The molecule has 13 heteroatoms. The fraction of sp³-hybridized carbons (Fsp3) is 0.241. The fourth-order valence-corrected chi connectivity index (χ4v) is 4.54. The van der Waals surface area contributed by atoms with E-state index in [9.17, 15) is 29.7 Å². The van der Waals surface area contributed by atoms with Gasteiger partial charge in [0.15, 0.2) is 6.17 Å². The summed E-state index contributed by atoms with van der Waals surface area (Å²) in [6.07, 6.45) is 0.0970. The van der Waals surface area contributed by atoms with Crippen molar-refractivity contribution in [3.05, 3.63) is 99.6 Å². The predicted octanol–water partition coefficient (Wildman–Crippen LogP) is 4.63. The third-order valence-electron chi connectivity index (χ3n) is 6.87. The lowest BCUT2D eigenvalue weighted by Crippen LogP contribution is -2.58. The van der Waals surface area contributed by atoms with Gasteiger partial charge in [0.25, 0.3) is 11.6 Å². The molecule has 218 valence electrons. The average Bonchev–Trinajstić information content (AvgIpc) is 3.14. The lowest BCUT2D eigenvalue weighted by Gasteiger charge is -2.38. The van der Waals surface area contributed by atoms with Crippen LogP contribution in [0, 0.1) is 24.0 Å². The van der Waals surface area contributed by atoms with E-state index < -0.39 is 41.1 Å². The topological polar surface area (TPSA) is 161 Å². The normalized spacial score (nSPS) is 16.0. The van der Waals surface area contributed by atoms with Crippen molar-refractivity contribution in [2.45, 2.75) is 39.4 Å². The van der Waals surface area contributed by atoms with Gasteiger partial charge in [0, 0.05) is 23.5 Å². The van der Waals surface area contributed by atoms with Gasteiger partial charge in [0.2, 0.25) is 0 Å². The maximum Gasteiger partial charge on any atom is 0.347 e. The molecule has 3 N–H and O–H groups in total. The highest BCUT2D eigenvalue weighted by atomic mass is 16.6. The highest BCUT2D eigenvalue weighted by Crippen LogP contribution is 2.38. The summed E-state index contributed by atoms with van der Waals surface area (Å²) in [4.78, 5) is 52.6. The molecule has 1 unspecified atom stereocenters. The first-order valence-corrected chi connectivity index (χ1v) is 13.0. The van der Waals surface area contributed by atoms with Crippen molar-refractivity contribution in [2.75, 3.05) is 16.8 Å². The number of urea groups is 2. The minimum Gasteiger partial charge on any atom is -0.306 e. The van der Waals surface area contributed by atoms with E-state index in [-0.39, 0.29) is 5.69 Å². The standard InChI is InChI=1S/C29H31N7O6/c1-19-5-11-22(12-6-19)31-27(38)35(40)26-29(3,4)33(28(39)34(26)23-13-7-20(2)8-14-23)18-25(37)32-30-17-21-9-15-24(16-10-21)36(41)42/h5-17,26,40H,18H2,1-4H3,(H,31,38)(H,32,37). The molecular formula is C29H31N7O6. The number of aryl methyl sites for hydroxylation is 2. The molecule has 4 rings (SSSR count). The zero-order valence-electron chi connectivity index (χ0n) is 23.5. The summed E-state index contributed by atoms with van der Waals surface area (Å²) in [7, 11) is 0. The van der Waals surface area contributed by atoms with E-state index >= 15 is 0 Å². The summed E-state index contributed by atoms with van der Waals surface area (Å²) in [6.45, 7) is 6.63. The summed E-state index contributed by atoms with van der Waals surface area (Å²) < 4.78 is 0. The fourth-order valence-electron chi connectivity index (χ4n) is 4.54. The highest BCUT2D eigenvalue weighted by Gasteiger charge is 2.56. The van der Waals surface area contributed by atoms with Crippen molar-refractivity contribution in [1.29, 1.82) is 0 Å². The molecule has 3 aromatic carbocycles. The van der Waals surface area contributed by atoms with Crippen LogP contribution >= 0.6 is 0 Å². The molecule has 1 heterocycles. The van der Waals surface area contributed by atoms with Crippen molar-refractivity contribution in [1.82, 2.24) is 15.4 Å². The van der Waals surface area contributed by atoms with E-state index in [1.165, 1.54) is 40.3 Å². The molecule has 0 aromatic heterocycles. The van der Waals surface area contributed by atoms with Crippen LogP contribution in [0.15, 0.2) is 77.9 Å². The van der Waals surface area contributed by atoms with Crippen LogP contribution in [0.5, 0.6) is 0 Å². The Hall–Kier alpha value is -5.30. The molecule has 1 fully saturated rings. The summed E-state index contributed by atoms with van der Waals surface area (Å²) in [5.74, 6) is -0.632. The lowest BCUT2D eigenvalue weighted by molar-refractivity contribution is -0.384. The first-order chi connectivity index (χ1) is 19.9. The van der Waals surface area contributed by atoms with Crippen LogP contribution in [0.2, 0.25) is 0 Å². The number of hydrazone groups is 1. The smallest absolute Gasteiger partial charge is 0.306 e. The number of amides is 5. The second-order valence-corrected chi connectivity index (χ2v) is 10.4. The lowest BCUT2D eigenvalue weighted by atomic mass is 9.99. The highest BCUT2D eigenvalue weighted by molar-refractivity contribution is 6.00. The molecular weight excluding hydrogens is 542 g/mol. The van der Waals surface area contributed by atoms with Crippen molar-refractivity contribution in [2.24, 2.45) is 5.10 Å². The minimum absolute atomic E-state index is 0.0795. The second-order valence-electron chi connectivity index (χ2n) is 10.4. The molecule has 1 atom stereocenters. The molecule has 0 spiro atoms. The van der Waals surface area contributed by atoms with E-state index in [1.54, 1.807) is 50.2 Å². The molecule has 42 heavy (non-hydrogen) atoms. The third kappa shape index (κ3) is 6.36. The first kappa shape index (κ1) is 29.7. The number of nitro benzene ring substituents is 1. The number of hydrogen-bond acceptors (Lipinski definition) is 7. The number of anilines is 2. The van der Waals surface area contributed by atoms with Gasteiger partial charge in [-0.2, -0.15) is 10.2 Å². The Labute approximate surface area is 242 Å². The number of hydroxylamine groups is 2. The Kier molecular flexibility index (Phi) is 8.52. The molecule has 3 aromatic rings. The van der Waals surface area contributed by atoms with Crippen molar-refractivity contribution in [3.8, 4) is 0 Å². The number of nitrogens with zero attached hydrogens (tertiary/aromatic N) is 5. The average molecular weight is 574 g/mol.